The summed E-state index contributed by atoms with van der Waals surface area (Å²) in [5.74, 6) is 1.20. The third-order valence-corrected chi connectivity index (χ3v) is 4.65. The maximum atomic E-state index is 9.68. The van der Waals surface area contributed by atoms with Gasteiger partial charge in [-0.25, -0.2) is 5.43 Å². The lowest BCUT2D eigenvalue weighted by atomic mass is 9.77. The zero-order valence-corrected chi connectivity index (χ0v) is 12.7. The van der Waals surface area contributed by atoms with Crippen LogP contribution < -0.4 is 16.3 Å². The summed E-state index contributed by atoms with van der Waals surface area (Å²) in [6, 6.07) is 0. The van der Waals surface area contributed by atoms with Gasteiger partial charge in [0.15, 0.2) is 0 Å². The Morgan fingerprint density at radius 1 is 1.18 bits per heavy atom. The highest BCUT2D eigenvalue weighted by molar-refractivity contribution is 5.57. The van der Waals surface area contributed by atoms with E-state index in [1.807, 2.05) is 0 Å². The smallest absolute Gasteiger partial charge is 0.109 e. The molecule has 22 heavy (non-hydrogen) atoms. The Labute approximate surface area is 130 Å². The summed E-state index contributed by atoms with van der Waals surface area (Å²) in [5.41, 5.74) is 9.43. The van der Waals surface area contributed by atoms with Crippen LogP contribution in [0.15, 0.2) is 5.10 Å². The van der Waals surface area contributed by atoms with Gasteiger partial charge in [0.05, 0.1) is 12.7 Å². The number of nitrogens with zero attached hydrogens (tertiary/aromatic N) is 1. The molecule has 2 fully saturated rings. The first-order chi connectivity index (χ1) is 10.6. The van der Waals surface area contributed by atoms with Crippen molar-refractivity contribution in [2.24, 2.45) is 16.9 Å². The number of hydrazone groups is 1. The largest absolute Gasteiger partial charge is 0.394 e. The van der Waals surface area contributed by atoms with Gasteiger partial charge in [0.2, 0.25) is 0 Å². The predicted molar refractivity (Wildman–Crippen MR) is 81.7 cm³/mol. The standard InChI is InChI=1S/C14H28N4O4/c19-8-12(21)13(22)11(20)5-6-15-17-14-10-4-2-1-3-9(10)7-16-18-14/h6,9-14,16-22H,1-5,7-8H2/b15-6+. The molecule has 1 aliphatic carbocycles. The quantitative estimate of drug-likeness (QED) is 0.219. The maximum absolute atomic E-state index is 9.68. The van der Waals surface area contributed by atoms with Crippen molar-refractivity contribution in [3.8, 4) is 0 Å². The maximum Gasteiger partial charge on any atom is 0.109 e. The number of nitrogens with one attached hydrogen (secondary N) is 3. The normalized spacial score (nSPS) is 33.2. The van der Waals surface area contributed by atoms with E-state index in [9.17, 15) is 15.3 Å². The number of rotatable bonds is 7. The Bertz CT molecular complexity index is 356. The summed E-state index contributed by atoms with van der Waals surface area (Å²) in [6.45, 7) is 0.394. The molecule has 8 heteroatoms. The fourth-order valence-corrected chi connectivity index (χ4v) is 3.26. The average molecular weight is 316 g/mol. The van der Waals surface area contributed by atoms with Crippen molar-refractivity contribution < 1.29 is 20.4 Å². The monoisotopic (exact) mass is 316 g/mol. The van der Waals surface area contributed by atoms with Crippen molar-refractivity contribution >= 4 is 6.21 Å². The molecule has 6 unspecified atom stereocenters. The van der Waals surface area contributed by atoms with Gasteiger partial charge in [0.25, 0.3) is 0 Å². The van der Waals surface area contributed by atoms with Gasteiger partial charge < -0.3 is 20.4 Å². The molecule has 0 aromatic heterocycles. The molecule has 6 atom stereocenters. The SMILES string of the molecule is OCC(O)C(O)C(O)C/C=N/NC1NNCC2CCCCC21. The highest BCUT2D eigenvalue weighted by Gasteiger charge is 2.34. The fourth-order valence-electron chi connectivity index (χ4n) is 3.26. The lowest BCUT2D eigenvalue weighted by molar-refractivity contribution is -0.0732. The molecule has 7 N–H and O–H groups in total. The molecule has 0 amide bonds. The van der Waals surface area contributed by atoms with E-state index in [1.165, 1.54) is 31.9 Å². The summed E-state index contributed by atoms with van der Waals surface area (Å²) in [7, 11) is 0. The fraction of sp³-hybridized carbons (Fsp3) is 0.929. The molecule has 1 heterocycles. The van der Waals surface area contributed by atoms with Crippen LogP contribution in [0.2, 0.25) is 0 Å². The van der Waals surface area contributed by atoms with Gasteiger partial charge in [-0.2, -0.15) is 5.10 Å². The van der Waals surface area contributed by atoms with Gasteiger partial charge in [-0.05, 0) is 24.7 Å². The minimum atomic E-state index is -1.38. The zero-order chi connectivity index (χ0) is 15.9. The van der Waals surface area contributed by atoms with Crippen LogP contribution in [-0.4, -0.2) is 64.3 Å². The van der Waals surface area contributed by atoms with Crippen LogP contribution in [0.25, 0.3) is 0 Å². The second kappa shape index (κ2) is 8.76. The average Bonchev–Trinajstić information content (AvgIpc) is 2.57. The van der Waals surface area contributed by atoms with Crippen molar-refractivity contribution in [1.29, 1.82) is 0 Å². The van der Waals surface area contributed by atoms with E-state index < -0.39 is 24.9 Å². The van der Waals surface area contributed by atoms with Crippen LogP contribution in [0.3, 0.4) is 0 Å². The Balaban J connectivity index is 1.74. The molecule has 0 spiro atoms. The van der Waals surface area contributed by atoms with Crippen LogP contribution >= 0.6 is 0 Å². The van der Waals surface area contributed by atoms with E-state index in [-0.39, 0.29) is 12.6 Å². The van der Waals surface area contributed by atoms with Crippen molar-refractivity contribution in [2.75, 3.05) is 13.2 Å². The molecule has 1 saturated carbocycles. The van der Waals surface area contributed by atoms with Gasteiger partial charge in [-0.1, -0.05) is 12.8 Å². The number of hydrazine groups is 1. The number of aliphatic hydroxyl groups excluding tert-OH is 4. The molecule has 1 saturated heterocycles. The number of hydrogen-bond acceptors (Lipinski definition) is 8. The van der Waals surface area contributed by atoms with Gasteiger partial charge >= 0.3 is 0 Å². The lowest BCUT2D eigenvalue weighted by Crippen LogP contribution is -2.60. The summed E-state index contributed by atoms with van der Waals surface area (Å²) in [4.78, 5) is 0. The third-order valence-electron chi connectivity index (χ3n) is 4.65. The number of hydrogen-bond donors (Lipinski definition) is 7. The van der Waals surface area contributed by atoms with Crippen LogP contribution in [0.4, 0.5) is 0 Å². The van der Waals surface area contributed by atoms with Gasteiger partial charge in [-0.15, -0.1) is 0 Å². The van der Waals surface area contributed by atoms with Crippen molar-refractivity contribution in [3.05, 3.63) is 0 Å². The molecule has 128 valence electrons. The van der Waals surface area contributed by atoms with Gasteiger partial charge in [0, 0.05) is 19.2 Å². The summed E-state index contributed by atoms with van der Waals surface area (Å²) < 4.78 is 0. The summed E-state index contributed by atoms with van der Waals surface area (Å²) in [5, 5.41) is 41.3. The topological polar surface area (TPSA) is 129 Å². The molecule has 2 aliphatic rings. The second-order valence-corrected chi connectivity index (χ2v) is 6.20. The minimum Gasteiger partial charge on any atom is -0.394 e. The minimum absolute atomic E-state index is 0.0559. The first-order valence-electron chi connectivity index (χ1n) is 8.04. The molecular weight excluding hydrogens is 288 g/mol. The van der Waals surface area contributed by atoms with Gasteiger partial charge in [0.1, 0.15) is 18.4 Å². The molecule has 0 bridgehead atoms. The van der Waals surface area contributed by atoms with Crippen LogP contribution in [0.1, 0.15) is 32.1 Å². The van der Waals surface area contributed by atoms with Crippen LogP contribution in [-0.2, 0) is 0 Å². The van der Waals surface area contributed by atoms with Crippen molar-refractivity contribution in [2.45, 2.75) is 56.6 Å². The molecule has 0 aromatic rings. The highest BCUT2D eigenvalue weighted by Crippen LogP contribution is 2.32. The lowest BCUT2D eigenvalue weighted by Gasteiger charge is -2.41. The number of fused-ring (bicyclic) bond motifs is 1. The van der Waals surface area contributed by atoms with Crippen molar-refractivity contribution in [1.82, 2.24) is 16.3 Å². The highest BCUT2D eigenvalue weighted by atomic mass is 16.4. The Morgan fingerprint density at radius 2 is 1.95 bits per heavy atom. The van der Waals surface area contributed by atoms with E-state index in [4.69, 9.17) is 5.11 Å². The summed E-state index contributed by atoms with van der Waals surface area (Å²) in [6.07, 6.45) is 2.70. The molecule has 0 aromatic carbocycles. The van der Waals surface area contributed by atoms with E-state index in [2.05, 4.69) is 21.4 Å². The Kier molecular flexibility index (Phi) is 7.00. The van der Waals surface area contributed by atoms with Crippen molar-refractivity contribution in [3.63, 3.8) is 0 Å². The zero-order valence-electron chi connectivity index (χ0n) is 12.7. The molecule has 0 radical (unpaired) electrons. The molecule has 8 nitrogen and oxygen atoms in total. The third kappa shape index (κ3) is 4.61. The van der Waals surface area contributed by atoms with E-state index >= 15 is 0 Å². The van der Waals surface area contributed by atoms with E-state index in [0.717, 1.165) is 6.54 Å². The number of aliphatic hydroxyl groups is 4. The van der Waals surface area contributed by atoms with Crippen LogP contribution in [0.5, 0.6) is 0 Å². The molecule has 1 aliphatic heterocycles. The predicted octanol–water partition coefficient (Wildman–Crippen LogP) is -1.73. The van der Waals surface area contributed by atoms with E-state index in [0.29, 0.717) is 11.8 Å². The van der Waals surface area contributed by atoms with Crippen LogP contribution in [0, 0.1) is 11.8 Å². The first kappa shape index (κ1) is 17.6. The first-order valence-corrected chi connectivity index (χ1v) is 8.04. The van der Waals surface area contributed by atoms with Gasteiger partial charge in [-0.3, -0.25) is 10.9 Å². The molecule has 2 rings (SSSR count). The Morgan fingerprint density at radius 3 is 2.73 bits per heavy atom. The Hall–Kier alpha value is -0.770. The van der Waals surface area contributed by atoms with E-state index in [1.54, 1.807) is 0 Å². The molecular formula is C14H28N4O4. The summed E-state index contributed by atoms with van der Waals surface area (Å²) >= 11 is 0. The second-order valence-electron chi connectivity index (χ2n) is 6.20.